The first-order valence-corrected chi connectivity index (χ1v) is 5.75. The summed E-state index contributed by atoms with van der Waals surface area (Å²) in [4.78, 5) is 2.15. The fourth-order valence-corrected chi connectivity index (χ4v) is 1.63. The number of hydrogen-bond acceptors (Lipinski definition) is 3. The Balaban J connectivity index is 2.69. The Hall–Kier alpha value is -1.34. The van der Waals surface area contributed by atoms with Crippen molar-refractivity contribution >= 4 is 0 Å². The summed E-state index contributed by atoms with van der Waals surface area (Å²) in [5.74, 6) is 5.62. The van der Waals surface area contributed by atoms with Gasteiger partial charge in [-0.1, -0.05) is 30.0 Å². The van der Waals surface area contributed by atoms with E-state index in [4.69, 9.17) is 10.2 Å². The van der Waals surface area contributed by atoms with E-state index in [1.165, 1.54) is 0 Å². The molecule has 0 aliphatic heterocycles. The predicted octanol–water partition coefficient (Wildman–Crippen LogP) is 0.845. The molecule has 0 saturated heterocycles. The van der Waals surface area contributed by atoms with E-state index in [0.717, 1.165) is 30.6 Å². The standard InChI is InChI=1S/C14H19NO2/c1-15(9-5-11-17)12-14-7-3-2-6-13(14)8-4-10-16/h2-3,6-7,16-17H,5,9-12H2,1H3. The maximum atomic E-state index is 8.78. The topological polar surface area (TPSA) is 43.7 Å². The summed E-state index contributed by atoms with van der Waals surface area (Å²) in [6.45, 7) is 1.76. The molecule has 2 N–H and O–H groups in total. The Morgan fingerprint density at radius 1 is 1.24 bits per heavy atom. The van der Waals surface area contributed by atoms with Gasteiger partial charge in [-0.05, 0) is 25.1 Å². The molecule has 0 amide bonds. The zero-order valence-electron chi connectivity index (χ0n) is 10.2. The van der Waals surface area contributed by atoms with Crippen molar-refractivity contribution in [1.82, 2.24) is 4.90 Å². The summed E-state index contributed by atoms with van der Waals surface area (Å²) in [6.07, 6.45) is 0.779. The van der Waals surface area contributed by atoms with Crippen LogP contribution in [0.15, 0.2) is 24.3 Å². The lowest BCUT2D eigenvalue weighted by Gasteiger charge is -2.16. The van der Waals surface area contributed by atoms with E-state index in [9.17, 15) is 0 Å². The number of nitrogens with zero attached hydrogens (tertiary/aromatic N) is 1. The van der Waals surface area contributed by atoms with Gasteiger partial charge in [0.25, 0.3) is 0 Å². The second-order valence-corrected chi connectivity index (χ2v) is 3.93. The Morgan fingerprint density at radius 3 is 2.71 bits per heavy atom. The highest BCUT2D eigenvalue weighted by Crippen LogP contribution is 2.09. The zero-order valence-corrected chi connectivity index (χ0v) is 10.2. The van der Waals surface area contributed by atoms with Crippen LogP contribution in [0, 0.1) is 11.8 Å². The van der Waals surface area contributed by atoms with Crippen LogP contribution in [0.1, 0.15) is 17.5 Å². The van der Waals surface area contributed by atoms with Gasteiger partial charge in [-0.3, -0.25) is 0 Å². The summed E-state index contributed by atoms with van der Waals surface area (Å²) in [5, 5.41) is 17.5. The maximum absolute atomic E-state index is 8.78. The molecule has 0 aliphatic carbocycles. The number of rotatable bonds is 5. The molecule has 0 heterocycles. The first kappa shape index (κ1) is 13.7. The lowest BCUT2D eigenvalue weighted by Crippen LogP contribution is -2.20. The quantitative estimate of drug-likeness (QED) is 0.741. The van der Waals surface area contributed by atoms with Crippen molar-refractivity contribution in [2.75, 3.05) is 26.8 Å². The Kier molecular flexibility index (Phi) is 6.34. The van der Waals surface area contributed by atoms with Crippen LogP contribution >= 0.6 is 0 Å². The average Bonchev–Trinajstić information content (AvgIpc) is 2.35. The van der Waals surface area contributed by atoms with E-state index in [0.29, 0.717) is 0 Å². The van der Waals surface area contributed by atoms with Crippen LogP contribution in [0.4, 0.5) is 0 Å². The van der Waals surface area contributed by atoms with E-state index >= 15 is 0 Å². The Bertz CT molecular complexity index is 393. The van der Waals surface area contributed by atoms with E-state index in [1.54, 1.807) is 0 Å². The van der Waals surface area contributed by atoms with Gasteiger partial charge in [0.05, 0.1) is 0 Å². The third kappa shape index (κ3) is 5.01. The van der Waals surface area contributed by atoms with E-state index in [2.05, 4.69) is 16.7 Å². The molecule has 17 heavy (non-hydrogen) atoms. The predicted molar refractivity (Wildman–Crippen MR) is 68.4 cm³/mol. The fourth-order valence-electron chi connectivity index (χ4n) is 1.63. The highest BCUT2D eigenvalue weighted by Gasteiger charge is 2.03. The fraction of sp³-hybridized carbons (Fsp3) is 0.429. The Labute approximate surface area is 103 Å². The van der Waals surface area contributed by atoms with E-state index in [-0.39, 0.29) is 13.2 Å². The lowest BCUT2D eigenvalue weighted by atomic mass is 10.1. The first-order chi connectivity index (χ1) is 8.27. The van der Waals surface area contributed by atoms with Crippen molar-refractivity contribution in [2.45, 2.75) is 13.0 Å². The molecular weight excluding hydrogens is 214 g/mol. The molecule has 0 atom stereocenters. The van der Waals surface area contributed by atoms with Gasteiger partial charge in [0.1, 0.15) is 6.61 Å². The number of benzene rings is 1. The van der Waals surface area contributed by atoms with Crippen molar-refractivity contribution < 1.29 is 10.2 Å². The summed E-state index contributed by atoms with van der Waals surface area (Å²) >= 11 is 0. The van der Waals surface area contributed by atoms with E-state index in [1.807, 2.05) is 31.3 Å². The van der Waals surface area contributed by atoms with Gasteiger partial charge < -0.3 is 15.1 Å². The van der Waals surface area contributed by atoms with Gasteiger partial charge in [0, 0.05) is 25.3 Å². The average molecular weight is 233 g/mol. The van der Waals surface area contributed by atoms with Gasteiger partial charge in [0.15, 0.2) is 0 Å². The van der Waals surface area contributed by atoms with E-state index < -0.39 is 0 Å². The first-order valence-electron chi connectivity index (χ1n) is 5.75. The highest BCUT2D eigenvalue weighted by molar-refractivity contribution is 5.41. The van der Waals surface area contributed by atoms with Crippen LogP contribution in [0.25, 0.3) is 0 Å². The summed E-state index contributed by atoms with van der Waals surface area (Å²) in [7, 11) is 2.02. The second-order valence-electron chi connectivity index (χ2n) is 3.93. The monoisotopic (exact) mass is 233 g/mol. The number of aliphatic hydroxyl groups excluding tert-OH is 2. The van der Waals surface area contributed by atoms with Crippen LogP contribution in [0.3, 0.4) is 0 Å². The summed E-state index contributed by atoms with van der Waals surface area (Å²) in [5.41, 5.74) is 2.10. The number of hydrogen-bond donors (Lipinski definition) is 2. The van der Waals surface area contributed by atoms with Crippen molar-refractivity contribution in [1.29, 1.82) is 0 Å². The third-order valence-corrected chi connectivity index (χ3v) is 2.46. The van der Waals surface area contributed by atoms with Crippen LogP contribution in [0.2, 0.25) is 0 Å². The molecule has 3 nitrogen and oxygen atoms in total. The van der Waals surface area contributed by atoms with Gasteiger partial charge in [-0.15, -0.1) is 0 Å². The molecule has 0 bridgehead atoms. The molecule has 0 aliphatic rings. The van der Waals surface area contributed by atoms with Gasteiger partial charge in [0.2, 0.25) is 0 Å². The van der Waals surface area contributed by atoms with Gasteiger partial charge >= 0.3 is 0 Å². The minimum atomic E-state index is -0.116. The lowest BCUT2D eigenvalue weighted by molar-refractivity contribution is 0.244. The van der Waals surface area contributed by atoms with Gasteiger partial charge in [-0.25, -0.2) is 0 Å². The Morgan fingerprint density at radius 2 is 2.00 bits per heavy atom. The molecule has 92 valence electrons. The molecule has 0 radical (unpaired) electrons. The molecule has 0 unspecified atom stereocenters. The minimum absolute atomic E-state index is 0.116. The van der Waals surface area contributed by atoms with Crippen molar-refractivity contribution in [2.24, 2.45) is 0 Å². The molecule has 0 spiro atoms. The van der Waals surface area contributed by atoms with Crippen molar-refractivity contribution in [3.05, 3.63) is 35.4 Å². The smallest absolute Gasteiger partial charge is 0.104 e. The van der Waals surface area contributed by atoms with Crippen LogP contribution < -0.4 is 0 Å². The molecule has 0 aromatic heterocycles. The van der Waals surface area contributed by atoms with Gasteiger partial charge in [-0.2, -0.15) is 0 Å². The normalized spacial score (nSPS) is 10.1. The van der Waals surface area contributed by atoms with Crippen molar-refractivity contribution in [3.8, 4) is 11.8 Å². The molecule has 3 heteroatoms. The molecule has 1 rings (SSSR count). The summed E-state index contributed by atoms with van der Waals surface area (Å²) in [6, 6.07) is 7.92. The molecule has 1 aromatic carbocycles. The molecule has 1 aromatic rings. The molecule has 0 saturated carbocycles. The largest absolute Gasteiger partial charge is 0.396 e. The zero-order chi connectivity index (χ0) is 12.5. The summed E-state index contributed by atoms with van der Waals surface area (Å²) < 4.78 is 0. The third-order valence-electron chi connectivity index (χ3n) is 2.46. The van der Waals surface area contributed by atoms with Crippen LogP contribution in [0.5, 0.6) is 0 Å². The SMILES string of the molecule is CN(CCCO)Cc1ccccc1C#CCO. The van der Waals surface area contributed by atoms with Crippen LogP contribution in [-0.4, -0.2) is 41.9 Å². The minimum Gasteiger partial charge on any atom is -0.396 e. The second kappa shape index (κ2) is 7.86. The van der Waals surface area contributed by atoms with Crippen molar-refractivity contribution in [3.63, 3.8) is 0 Å². The molecular formula is C14H19NO2. The van der Waals surface area contributed by atoms with Crippen LogP contribution in [-0.2, 0) is 6.54 Å². The highest BCUT2D eigenvalue weighted by atomic mass is 16.3. The maximum Gasteiger partial charge on any atom is 0.104 e. The molecule has 0 fully saturated rings. The number of aliphatic hydroxyl groups is 2.